The highest BCUT2D eigenvalue weighted by Gasteiger charge is 2.18. The topological polar surface area (TPSA) is 26.3 Å². The van der Waals surface area contributed by atoms with Crippen LogP contribution >= 0.6 is 11.3 Å². The van der Waals surface area contributed by atoms with E-state index in [9.17, 15) is 4.79 Å². The second kappa shape index (κ2) is 10.8. The third kappa shape index (κ3) is 6.06. The van der Waals surface area contributed by atoms with Gasteiger partial charge in [0.15, 0.2) is 0 Å². The first-order chi connectivity index (χ1) is 9.22. The molecule has 0 aliphatic carbocycles. The van der Waals surface area contributed by atoms with Crippen molar-refractivity contribution in [1.29, 1.82) is 0 Å². The maximum atomic E-state index is 11.5. The first-order valence-electron chi connectivity index (χ1n) is 6.98. The van der Waals surface area contributed by atoms with Gasteiger partial charge in [-0.1, -0.05) is 33.3 Å². The fourth-order valence-corrected chi connectivity index (χ4v) is 2.74. The molecule has 0 saturated carbocycles. The molecular weight excluding hydrogens is 256 g/mol. The first-order valence-corrected chi connectivity index (χ1v) is 7.86. The molecule has 1 unspecified atom stereocenters. The van der Waals surface area contributed by atoms with Crippen molar-refractivity contribution in [2.75, 3.05) is 7.11 Å². The van der Waals surface area contributed by atoms with Crippen LogP contribution in [0.5, 0.6) is 0 Å². The number of unbranched alkanes of at least 4 members (excludes halogenated alkanes) is 1. The molecule has 1 heterocycles. The molecule has 19 heavy (non-hydrogen) atoms. The van der Waals surface area contributed by atoms with Crippen molar-refractivity contribution >= 4 is 17.3 Å². The molecule has 0 radical (unpaired) electrons. The molecule has 0 fully saturated rings. The Morgan fingerprint density at radius 1 is 1.53 bits per heavy atom. The highest BCUT2D eigenvalue weighted by molar-refractivity contribution is 7.10. The Kier molecular flexibility index (Phi) is 10.2. The van der Waals surface area contributed by atoms with E-state index < -0.39 is 0 Å². The quantitative estimate of drug-likeness (QED) is 0.538. The average Bonchev–Trinajstić information content (AvgIpc) is 2.91. The summed E-state index contributed by atoms with van der Waals surface area (Å²) in [5, 5.41) is 2.09. The minimum Gasteiger partial charge on any atom is -0.469 e. The van der Waals surface area contributed by atoms with E-state index in [0.29, 0.717) is 6.42 Å². The Hall–Kier alpha value is -1.09. The zero-order valence-electron chi connectivity index (χ0n) is 12.6. The van der Waals surface area contributed by atoms with Crippen molar-refractivity contribution in [3.8, 4) is 0 Å². The second-order valence-electron chi connectivity index (χ2n) is 4.04. The normalized spacial score (nSPS) is 11.2. The van der Waals surface area contributed by atoms with Crippen molar-refractivity contribution < 1.29 is 9.53 Å². The summed E-state index contributed by atoms with van der Waals surface area (Å²) in [6.45, 7) is 9.89. The molecule has 3 heteroatoms. The molecule has 1 aromatic rings. The molecule has 1 aromatic heterocycles. The van der Waals surface area contributed by atoms with E-state index in [2.05, 4.69) is 24.9 Å². The van der Waals surface area contributed by atoms with Gasteiger partial charge in [0.1, 0.15) is 0 Å². The van der Waals surface area contributed by atoms with E-state index in [1.54, 1.807) is 17.4 Å². The molecule has 0 aliphatic rings. The monoisotopic (exact) mass is 282 g/mol. The van der Waals surface area contributed by atoms with Gasteiger partial charge in [-0.25, -0.2) is 0 Å². The van der Waals surface area contributed by atoms with Crippen molar-refractivity contribution in [3.63, 3.8) is 0 Å². The Labute approximate surface area is 121 Å². The second-order valence-corrected chi connectivity index (χ2v) is 5.04. The number of methoxy groups -OCH3 is 1. The fraction of sp³-hybridized carbons (Fsp3) is 0.562. The lowest BCUT2D eigenvalue weighted by Crippen LogP contribution is -2.16. The summed E-state index contributed by atoms with van der Waals surface area (Å²) in [6.07, 6.45) is 5.88. The van der Waals surface area contributed by atoms with Crippen LogP contribution in [0.1, 0.15) is 44.1 Å². The highest BCUT2D eigenvalue weighted by atomic mass is 32.1. The number of esters is 1. The third-order valence-corrected chi connectivity index (χ3v) is 3.82. The van der Waals surface area contributed by atoms with Gasteiger partial charge >= 0.3 is 5.97 Å². The molecule has 0 bridgehead atoms. The van der Waals surface area contributed by atoms with Crippen LogP contribution in [0.4, 0.5) is 0 Å². The van der Waals surface area contributed by atoms with Gasteiger partial charge in [-0.05, 0) is 36.3 Å². The predicted octanol–water partition coefficient (Wildman–Crippen LogP) is 4.63. The highest BCUT2D eigenvalue weighted by Crippen LogP contribution is 2.23. The van der Waals surface area contributed by atoms with Gasteiger partial charge < -0.3 is 4.74 Å². The van der Waals surface area contributed by atoms with E-state index in [4.69, 9.17) is 4.74 Å². The van der Waals surface area contributed by atoms with Crippen LogP contribution in [-0.2, 0) is 22.4 Å². The van der Waals surface area contributed by atoms with Gasteiger partial charge in [0.2, 0.25) is 0 Å². The summed E-state index contributed by atoms with van der Waals surface area (Å²) in [6, 6.07) is 2.16. The molecule has 0 N–H and O–H groups in total. The molecule has 0 spiro atoms. The van der Waals surface area contributed by atoms with E-state index >= 15 is 0 Å². The summed E-state index contributed by atoms with van der Waals surface area (Å²) in [4.78, 5) is 12.8. The molecule has 1 atom stereocenters. The molecule has 1 rings (SSSR count). The van der Waals surface area contributed by atoms with Gasteiger partial charge in [-0.3, -0.25) is 4.79 Å². The Balaban J connectivity index is 0.00000154. The Morgan fingerprint density at radius 2 is 2.21 bits per heavy atom. The molecule has 108 valence electrons. The van der Waals surface area contributed by atoms with Crippen LogP contribution < -0.4 is 0 Å². The SMILES string of the molecule is C=CC(Cc1sccc1CCCC)C(=O)OC.CC. The van der Waals surface area contributed by atoms with Gasteiger partial charge in [0.25, 0.3) is 0 Å². The molecule has 0 aromatic carbocycles. The molecule has 2 nitrogen and oxygen atoms in total. The van der Waals surface area contributed by atoms with E-state index in [1.807, 2.05) is 13.8 Å². The van der Waals surface area contributed by atoms with Crippen molar-refractivity contribution in [2.24, 2.45) is 5.92 Å². The van der Waals surface area contributed by atoms with Gasteiger partial charge in [0, 0.05) is 4.88 Å². The standard InChI is InChI=1S/C14H20O2S.C2H6/c1-4-6-7-12-8-9-17-13(12)10-11(5-2)14(15)16-3;1-2/h5,8-9,11H,2,4,6-7,10H2,1,3H3;1-2H3. The minimum atomic E-state index is -0.223. The Morgan fingerprint density at radius 3 is 2.74 bits per heavy atom. The van der Waals surface area contributed by atoms with E-state index in [1.165, 1.54) is 30.4 Å². The van der Waals surface area contributed by atoms with Crippen LogP contribution in [-0.4, -0.2) is 13.1 Å². The number of hydrogen-bond donors (Lipinski definition) is 0. The summed E-state index contributed by atoms with van der Waals surface area (Å²) in [7, 11) is 1.42. The largest absolute Gasteiger partial charge is 0.469 e. The van der Waals surface area contributed by atoms with Crippen LogP contribution in [0.2, 0.25) is 0 Å². The van der Waals surface area contributed by atoms with Crippen LogP contribution in [0.3, 0.4) is 0 Å². The van der Waals surface area contributed by atoms with Crippen LogP contribution in [0.15, 0.2) is 24.1 Å². The smallest absolute Gasteiger partial charge is 0.312 e. The zero-order valence-corrected chi connectivity index (χ0v) is 13.4. The lowest BCUT2D eigenvalue weighted by Gasteiger charge is -2.10. The van der Waals surface area contributed by atoms with Gasteiger partial charge in [-0.15, -0.1) is 17.9 Å². The summed E-state index contributed by atoms with van der Waals surface area (Å²) in [5.74, 6) is -0.422. The minimum absolute atomic E-state index is 0.199. The maximum absolute atomic E-state index is 11.5. The van der Waals surface area contributed by atoms with E-state index in [0.717, 1.165) is 6.42 Å². The molecule has 0 saturated heterocycles. The van der Waals surface area contributed by atoms with E-state index in [-0.39, 0.29) is 11.9 Å². The molecule has 0 amide bonds. The van der Waals surface area contributed by atoms with Crippen molar-refractivity contribution in [2.45, 2.75) is 46.5 Å². The number of ether oxygens (including phenoxy) is 1. The number of rotatable bonds is 7. The number of hydrogen-bond acceptors (Lipinski definition) is 3. The average molecular weight is 282 g/mol. The third-order valence-electron chi connectivity index (χ3n) is 2.83. The van der Waals surface area contributed by atoms with Crippen LogP contribution in [0.25, 0.3) is 0 Å². The predicted molar refractivity (Wildman–Crippen MR) is 83.7 cm³/mol. The summed E-state index contributed by atoms with van der Waals surface area (Å²) in [5.41, 5.74) is 1.37. The number of thiophene rings is 1. The lowest BCUT2D eigenvalue weighted by atomic mass is 10.0. The number of carbonyl (C=O) groups is 1. The van der Waals surface area contributed by atoms with Crippen molar-refractivity contribution in [1.82, 2.24) is 0 Å². The maximum Gasteiger partial charge on any atom is 0.312 e. The first kappa shape index (κ1) is 17.9. The zero-order chi connectivity index (χ0) is 14.7. The molecule has 0 aliphatic heterocycles. The number of aryl methyl sites for hydroxylation is 1. The molecular formula is C16H26O2S. The summed E-state index contributed by atoms with van der Waals surface area (Å²) >= 11 is 1.72. The Bertz CT molecular complexity index is 369. The number of carbonyl (C=O) groups excluding carboxylic acids is 1. The summed E-state index contributed by atoms with van der Waals surface area (Å²) < 4.78 is 4.77. The fourth-order valence-electron chi connectivity index (χ4n) is 1.75. The van der Waals surface area contributed by atoms with Crippen LogP contribution in [0, 0.1) is 5.92 Å². The lowest BCUT2D eigenvalue weighted by molar-refractivity contribution is -0.143. The van der Waals surface area contributed by atoms with Gasteiger partial charge in [0.05, 0.1) is 13.0 Å². The van der Waals surface area contributed by atoms with Crippen molar-refractivity contribution in [3.05, 3.63) is 34.5 Å². The van der Waals surface area contributed by atoms with Gasteiger partial charge in [-0.2, -0.15) is 0 Å².